The topological polar surface area (TPSA) is 57.6 Å². The van der Waals surface area contributed by atoms with Crippen molar-refractivity contribution in [3.63, 3.8) is 0 Å². The summed E-state index contributed by atoms with van der Waals surface area (Å²) in [4.78, 5) is 24.8. The number of carbonyl (C=O) groups is 2. The lowest BCUT2D eigenvalue weighted by molar-refractivity contribution is -0.149. The van der Waals surface area contributed by atoms with E-state index in [-0.39, 0.29) is 11.7 Å². The third kappa shape index (κ3) is 2.95. The first kappa shape index (κ1) is 14.8. The van der Waals surface area contributed by atoms with Gasteiger partial charge < -0.3 is 10.0 Å². The number of rotatable bonds is 4. The molecular weight excluding hydrogens is 281 g/mol. The molecule has 0 aliphatic carbocycles. The second-order valence-electron chi connectivity index (χ2n) is 4.65. The number of amides is 1. The first-order valence-corrected chi connectivity index (χ1v) is 7.50. The average molecular weight is 297 g/mol. The van der Waals surface area contributed by atoms with Gasteiger partial charge >= 0.3 is 5.97 Å². The van der Waals surface area contributed by atoms with Crippen LogP contribution in [0.4, 0.5) is 4.39 Å². The van der Waals surface area contributed by atoms with Crippen molar-refractivity contribution in [1.82, 2.24) is 4.90 Å². The van der Waals surface area contributed by atoms with Crippen molar-refractivity contribution in [2.45, 2.75) is 31.2 Å². The van der Waals surface area contributed by atoms with Gasteiger partial charge in [0.05, 0.1) is 0 Å². The van der Waals surface area contributed by atoms with Gasteiger partial charge in [0.25, 0.3) is 0 Å². The van der Waals surface area contributed by atoms with E-state index in [1.54, 1.807) is 12.1 Å². The van der Waals surface area contributed by atoms with Gasteiger partial charge in [-0.25, -0.2) is 9.18 Å². The van der Waals surface area contributed by atoms with E-state index >= 15 is 0 Å². The van der Waals surface area contributed by atoms with Gasteiger partial charge in [0.15, 0.2) is 0 Å². The third-order valence-electron chi connectivity index (χ3n) is 3.17. The van der Waals surface area contributed by atoms with Gasteiger partial charge in [-0.2, -0.15) is 0 Å². The van der Waals surface area contributed by atoms with Crippen LogP contribution in [0.5, 0.6) is 0 Å². The zero-order valence-electron chi connectivity index (χ0n) is 11.1. The monoisotopic (exact) mass is 297 g/mol. The van der Waals surface area contributed by atoms with E-state index in [1.165, 1.54) is 28.8 Å². The number of carboxylic acid groups (broad SMARTS) is 1. The van der Waals surface area contributed by atoms with Crippen LogP contribution in [-0.2, 0) is 9.59 Å². The molecule has 0 bridgehead atoms. The lowest BCUT2D eigenvalue weighted by Gasteiger charge is -2.27. The molecule has 20 heavy (non-hydrogen) atoms. The maximum absolute atomic E-state index is 13.3. The van der Waals surface area contributed by atoms with Crippen LogP contribution in [0.15, 0.2) is 24.3 Å². The Balaban J connectivity index is 2.31. The SMILES string of the molecule is CCCC(=O)N1C(C(=O)O)CSC1c1cccc(F)c1. The number of benzene rings is 1. The summed E-state index contributed by atoms with van der Waals surface area (Å²) in [5.41, 5.74) is 0.628. The number of aliphatic carboxylic acids is 1. The Morgan fingerprint density at radius 3 is 2.85 bits per heavy atom. The Bertz CT molecular complexity index is 523. The van der Waals surface area contributed by atoms with Crippen molar-refractivity contribution in [2.75, 3.05) is 5.75 Å². The number of nitrogens with zero attached hydrogens (tertiary/aromatic N) is 1. The molecule has 4 nitrogen and oxygen atoms in total. The minimum atomic E-state index is -1.01. The van der Waals surface area contributed by atoms with Gasteiger partial charge in [-0.05, 0) is 24.1 Å². The number of carboxylic acids is 1. The average Bonchev–Trinajstić information content (AvgIpc) is 2.83. The van der Waals surface area contributed by atoms with E-state index in [9.17, 15) is 19.1 Å². The molecule has 2 unspecified atom stereocenters. The fraction of sp³-hybridized carbons (Fsp3) is 0.429. The van der Waals surface area contributed by atoms with Gasteiger partial charge in [0.2, 0.25) is 5.91 Å². The molecule has 1 aliphatic heterocycles. The molecule has 1 saturated heterocycles. The molecule has 1 aromatic rings. The van der Waals surface area contributed by atoms with Gasteiger partial charge in [0.1, 0.15) is 17.2 Å². The Hall–Kier alpha value is -1.56. The zero-order chi connectivity index (χ0) is 14.7. The Morgan fingerprint density at radius 1 is 1.50 bits per heavy atom. The number of carbonyl (C=O) groups excluding carboxylic acids is 1. The number of hydrogen-bond donors (Lipinski definition) is 1. The van der Waals surface area contributed by atoms with E-state index in [0.717, 1.165) is 0 Å². The Labute approximate surface area is 121 Å². The molecular formula is C14H16FNO3S. The summed E-state index contributed by atoms with van der Waals surface area (Å²) in [6, 6.07) is 5.13. The quantitative estimate of drug-likeness (QED) is 0.928. The third-order valence-corrected chi connectivity index (χ3v) is 4.49. The van der Waals surface area contributed by atoms with Crippen molar-refractivity contribution < 1.29 is 19.1 Å². The minimum Gasteiger partial charge on any atom is -0.480 e. The van der Waals surface area contributed by atoms with E-state index < -0.39 is 17.4 Å². The van der Waals surface area contributed by atoms with Crippen LogP contribution < -0.4 is 0 Å². The lowest BCUT2D eigenvalue weighted by atomic mass is 10.1. The number of thioether (sulfide) groups is 1. The molecule has 0 aromatic heterocycles. The minimum absolute atomic E-state index is 0.195. The molecule has 1 aromatic carbocycles. The molecule has 0 spiro atoms. The van der Waals surface area contributed by atoms with Crippen LogP contribution in [0, 0.1) is 5.82 Å². The highest BCUT2D eigenvalue weighted by Crippen LogP contribution is 2.41. The van der Waals surface area contributed by atoms with Crippen LogP contribution in [0.2, 0.25) is 0 Å². The van der Waals surface area contributed by atoms with Crippen molar-refractivity contribution >= 4 is 23.6 Å². The van der Waals surface area contributed by atoms with Crippen LogP contribution >= 0.6 is 11.8 Å². The van der Waals surface area contributed by atoms with E-state index in [0.29, 0.717) is 24.2 Å². The zero-order valence-corrected chi connectivity index (χ0v) is 11.9. The predicted molar refractivity (Wildman–Crippen MR) is 74.8 cm³/mol. The number of halogens is 1. The highest BCUT2D eigenvalue weighted by atomic mass is 32.2. The fourth-order valence-electron chi connectivity index (χ4n) is 2.26. The predicted octanol–water partition coefficient (Wildman–Crippen LogP) is 2.65. The highest BCUT2D eigenvalue weighted by molar-refractivity contribution is 7.99. The van der Waals surface area contributed by atoms with Crippen LogP contribution in [0.3, 0.4) is 0 Å². The summed E-state index contributed by atoms with van der Waals surface area (Å²) in [7, 11) is 0. The standard InChI is InChI=1S/C14H16FNO3S/c1-2-4-12(17)16-11(14(18)19)8-20-13(16)9-5-3-6-10(15)7-9/h3,5-7,11,13H,2,4,8H2,1H3,(H,18,19). The van der Waals surface area contributed by atoms with Crippen molar-refractivity contribution in [2.24, 2.45) is 0 Å². The summed E-state index contributed by atoms with van der Waals surface area (Å²) in [6.45, 7) is 1.87. The first-order valence-electron chi connectivity index (χ1n) is 6.45. The second kappa shape index (κ2) is 6.26. The summed E-state index contributed by atoms with van der Waals surface area (Å²) in [6.07, 6.45) is 0.957. The maximum Gasteiger partial charge on any atom is 0.327 e. The molecule has 1 amide bonds. The first-order chi connectivity index (χ1) is 9.54. The van der Waals surface area contributed by atoms with Crippen LogP contribution in [0.25, 0.3) is 0 Å². The van der Waals surface area contributed by atoms with Gasteiger partial charge in [-0.1, -0.05) is 19.1 Å². The summed E-state index contributed by atoms with van der Waals surface area (Å²) < 4.78 is 13.3. The molecule has 1 aliphatic rings. The molecule has 2 rings (SSSR count). The highest BCUT2D eigenvalue weighted by Gasteiger charge is 2.41. The Kier molecular flexibility index (Phi) is 4.65. The summed E-state index contributed by atoms with van der Waals surface area (Å²) >= 11 is 1.36. The molecule has 0 saturated carbocycles. The Morgan fingerprint density at radius 2 is 2.25 bits per heavy atom. The maximum atomic E-state index is 13.3. The lowest BCUT2D eigenvalue weighted by Crippen LogP contribution is -2.42. The van der Waals surface area contributed by atoms with Gasteiger partial charge in [-0.15, -0.1) is 11.8 Å². The van der Waals surface area contributed by atoms with Crippen molar-refractivity contribution in [3.8, 4) is 0 Å². The molecule has 1 N–H and O–H groups in total. The van der Waals surface area contributed by atoms with Crippen molar-refractivity contribution in [3.05, 3.63) is 35.6 Å². The summed E-state index contributed by atoms with van der Waals surface area (Å²) in [5, 5.41) is 8.81. The van der Waals surface area contributed by atoms with Crippen molar-refractivity contribution in [1.29, 1.82) is 0 Å². The fourth-order valence-corrected chi connectivity index (χ4v) is 3.69. The van der Waals surface area contributed by atoms with E-state index in [2.05, 4.69) is 0 Å². The molecule has 0 radical (unpaired) electrons. The van der Waals surface area contributed by atoms with Crippen LogP contribution in [-0.4, -0.2) is 33.7 Å². The van der Waals surface area contributed by atoms with Gasteiger partial charge in [-0.3, -0.25) is 4.79 Å². The molecule has 6 heteroatoms. The van der Waals surface area contributed by atoms with E-state index in [4.69, 9.17) is 0 Å². The second-order valence-corrected chi connectivity index (χ2v) is 5.76. The summed E-state index contributed by atoms with van der Waals surface area (Å²) in [5.74, 6) is -1.27. The molecule has 2 atom stereocenters. The van der Waals surface area contributed by atoms with Gasteiger partial charge in [0, 0.05) is 12.2 Å². The van der Waals surface area contributed by atoms with Crippen LogP contribution in [0.1, 0.15) is 30.7 Å². The molecule has 1 fully saturated rings. The molecule has 108 valence electrons. The molecule has 1 heterocycles. The normalized spacial score (nSPS) is 22.0. The van der Waals surface area contributed by atoms with E-state index in [1.807, 2.05) is 6.92 Å². The number of hydrogen-bond acceptors (Lipinski definition) is 3. The smallest absolute Gasteiger partial charge is 0.327 e. The largest absolute Gasteiger partial charge is 0.480 e.